The van der Waals surface area contributed by atoms with Gasteiger partial charge in [-0.2, -0.15) is 0 Å². The van der Waals surface area contributed by atoms with Gasteiger partial charge in [0.25, 0.3) is 0 Å². The van der Waals surface area contributed by atoms with E-state index in [9.17, 15) is 0 Å². The Kier molecular flexibility index (Phi) is 3.79. The minimum Gasteiger partial charge on any atom is -0.369 e. The third-order valence-corrected chi connectivity index (χ3v) is 3.16. The molecule has 1 aromatic rings. The zero-order valence-electron chi connectivity index (χ0n) is 9.54. The van der Waals surface area contributed by atoms with E-state index in [-0.39, 0.29) is 0 Å². The first-order chi connectivity index (χ1) is 7.42. The van der Waals surface area contributed by atoms with Crippen molar-refractivity contribution >= 4 is 0 Å². The molecule has 0 saturated heterocycles. The van der Waals surface area contributed by atoms with E-state index >= 15 is 0 Å². The summed E-state index contributed by atoms with van der Waals surface area (Å²) in [6.07, 6.45) is 6.87. The van der Waals surface area contributed by atoms with Gasteiger partial charge in [-0.3, -0.25) is 0 Å². The monoisotopic (exact) mass is 204 g/mol. The topological polar surface area (TPSA) is 9.23 Å². The molecule has 0 aliphatic carbocycles. The van der Waals surface area contributed by atoms with Gasteiger partial charge in [0.15, 0.2) is 0 Å². The predicted octanol–water partition coefficient (Wildman–Crippen LogP) is 4.23. The SMILES string of the molecule is CCCCCCC1OCc2ccccc21. The summed E-state index contributed by atoms with van der Waals surface area (Å²) in [6, 6.07) is 8.61. The zero-order valence-corrected chi connectivity index (χ0v) is 9.54. The van der Waals surface area contributed by atoms with Crippen molar-refractivity contribution in [2.45, 2.75) is 51.7 Å². The van der Waals surface area contributed by atoms with Crippen molar-refractivity contribution in [2.75, 3.05) is 0 Å². The van der Waals surface area contributed by atoms with E-state index in [2.05, 4.69) is 31.2 Å². The fraction of sp³-hybridized carbons (Fsp3) is 0.571. The molecule has 1 aliphatic rings. The minimum atomic E-state index is 0.373. The molecule has 0 radical (unpaired) electrons. The Hall–Kier alpha value is -0.820. The summed E-state index contributed by atoms with van der Waals surface area (Å²) < 4.78 is 5.80. The molecular formula is C14H20O. The Bertz CT molecular complexity index is 306. The van der Waals surface area contributed by atoms with Crippen LogP contribution in [0, 0.1) is 0 Å². The highest BCUT2D eigenvalue weighted by molar-refractivity contribution is 5.31. The molecule has 1 heteroatoms. The average molecular weight is 204 g/mol. The number of hydrogen-bond acceptors (Lipinski definition) is 1. The lowest BCUT2D eigenvalue weighted by Crippen LogP contribution is -1.95. The quantitative estimate of drug-likeness (QED) is 0.652. The van der Waals surface area contributed by atoms with Crippen LogP contribution in [0.4, 0.5) is 0 Å². The molecule has 0 aromatic heterocycles. The Balaban J connectivity index is 1.85. The van der Waals surface area contributed by atoms with E-state index in [0.717, 1.165) is 6.61 Å². The Morgan fingerprint density at radius 1 is 1.20 bits per heavy atom. The second kappa shape index (κ2) is 5.32. The molecule has 1 atom stereocenters. The second-order valence-corrected chi connectivity index (χ2v) is 4.35. The summed E-state index contributed by atoms with van der Waals surface area (Å²) in [4.78, 5) is 0. The number of rotatable bonds is 5. The molecule has 0 amide bonds. The summed E-state index contributed by atoms with van der Waals surface area (Å²) in [5, 5.41) is 0. The van der Waals surface area contributed by atoms with Gasteiger partial charge in [-0.05, 0) is 17.5 Å². The minimum absolute atomic E-state index is 0.373. The highest BCUT2D eigenvalue weighted by atomic mass is 16.5. The predicted molar refractivity (Wildman–Crippen MR) is 62.7 cm³/mol. The van der Waals surface area contributed by atoms with E-state index in [1.54, 1.807) is 0 Å². The van der Waals surface area contributed by atoms with Crippen LogP contribution in [0.25, 0.3) is 0 Å². The Labute approximate surface area is 92.5 Å². The smallest absolute Gasteiger partial charge is 0.0833 e. The zero-order chi connectivity index (χ0) is 10.5. The molecule has 1 aliphatic heterocycles. The van der Waals surface area contributed by atoms with Crippen LogP contribution in [-0.4, -0.2) is 0 Å². The van der Waals surface area contributed by atoms with Crippen LogP contribution < -0.4 is 0 Å². The molecule has 0 N–H and O–H groups in total. The van der Waals surface area contributed by atoms with Crippen LogP contribution in [-0.2, 0) is 11.3 Å². The maximum atomic E-state index is 5.80. The van der Waals surface area contributed by atoms with E-state index in [4.69, 9.17) is 4.74 Å². The van der Waals surface area contributed by atoms with E-state index in [1.165, 1.54) is 43.2 Å². The van der Waals surface area contributed by atoms with Crippen LogP contribution >= 0.6 is 0 Å². The van der Waals surface area contributed by atoms with Crippen LogP contribution in [0.2, 0.25) is 0 Å². The fourth-order valence-corrected chi connectivity index (χ4v) is 2.26. The Morgan fingerprint density at radius 2 is 2.07 bits per heavy atom. The normalized spacial score (nSPS) is 19.1. The van der Waals surface area contributed by atoms with Gasteiger partial charge in [0.05, 0.1) is 12.7 Å². The molecule has 0 saturated carbocycles. The number of benzene rings is 1. The summed E-state index contributed by atoms with van der Waals surface area (Å²) in [5.41, 5.74) is 2.81. The molecule has 82 valence electrons. The van der Waals surface area contributed by atoms with Crippen LogP contribution in [0.15, 0.2) is 24.3 Å². The van der Waals surface area contributed by atoms with Crippen molar-refractivity contribution in [1.82, 2.24) is 0 Å². The number of unbranched alkanes of at least 4 members (excludes halogenated alkanes) is 3. The van der Waals surface area contributed by atoms with Crippen molar-refractivity contribution in [3.05, 3.63) is 35.4 Å². The van der Waals surface area contributed by atoms with E-state index in [1.807, 2.05) is 0 Å². The van der Waals surface area contributed by atoms with Crippen molar-refractivity contribution in [2.24, 2.45) is 0 Å². The van der Waals surface area contributed by atoms with Crippen molar-refractivity contribution in [3.63, 3.8) is 0 Å². The molecule has 15 heavy (non-hydrogen) atoms. The van der Waals surface area contributed by atoms with Gasteiger partial charge in [-0.25, -0.2) is 0 Å². The molecule has 1 unspecified atom stereocenters. The summed E-state index contributed by atoms with van der Waals surface area (Å²) in [6.45, 7) is 3.07. The largest absolute Gasteiger partial charge is 0.369 e. The fourth-order valence-electron chi connectivity index (χ4n) is 2.26. The summed E-state index contributed by atoms with van der Waals surface area (Å²) >= 11 is 0. The third kappa shape index (κ3) is 2.60. The molecule has 2 rings (SSSR count). The first-order valence-electron chi connectivity index (χ1n) is 6.11. The summed E-state index contributed by atoms with van der Waals surface area (Å²) in [5.74, 6) is 0. The Morgan fingerprint density at radius 3 is 2.93 bits per heavy atom. The first kappa shape index (κ1) is 10.7. The lowest BCUT2D eigenvalue weighted by Gasteiger charge is -2.10. The van der Waals surface area contributed by atoms with E-state index < -0.39 is 0 Å². The number of ether oxygens (including phenoxy) is 1. The van der Waals surface area contributed by atoms with Crippen molar-refractivity contribution in [1.29, 1.82) is 0 Å². The third-order valence-electron chi connectivity index (χ3n) is 3.16. The standard InChI is InChI=1S/C14H20O/c1-2-3-4-5-10-14-13-9-7-6-8-12(13)11-15-14/h6-9,14H,2-5,10-11H2,1H3. The van der Waals surface area contributed by atoms with Gasteiger partial charge >= 0.3 is 0 Å². The van der Waals surface area contributed by atoms with Gasteiger partial charge < -0.3 is 4.74 Å². The molecule has 1 nitrogen and oxygen atoms in total. The van der Waals surface area contributed by atoms with Crippen molar-refractivity contribution in [3.8, 4) is 0 Å². The van der Waals surface area contributed by atoms with Gasteiger partial charge in [0, 0.05) is 0 Å². The van der Waals surface area contributed by atoms with Gasteiger partial charge in [0.1, 0.15) is 0 Å². The molecule has 1 heterocycles. The second-order valence-electron chi connectivity index (χ2n) is 4.35. The van der Waals surface area contributed by atoms with Crippen molar-refractivity contribution < 1.29 is 4.74 Å². The number of fused-ring (bicyclic) bond motifs is 1. The molecule has 1 aromatic carbocycles. The van der Waals surface area contributed by atoms with Gasteiger partial charge in [-0.1, -0.05) is 56.9 Å². The maximum Gasteiger partial charge on any atom is 0.0833 e. The van der Waals surface area contributed by atoms with E-state index in [0.29, 0.717) is 6.10 Å². The molecular weight excluding hydrogens is 184 g/mol. The van der Waals surface area contributed by atoms with Gasteiger partial charge in [-0.15, -0.1) is 0 Å². The highest BCUT2D eigenvalue weighted by Crippen LogP contribution is 2.33. The lowest BCUT2D eigenvalue weighted by atomic mass is 10.0. The summed E-state index contributed by atoms with van der Waals surface area (Å²) in [7, 11) is 0. The van der Waals surface area contributed by atoms with Gasteiger partial charge in [0.2, 0.25) is 0 Å². The van der Waals surface area contributed by atoms with Crippen LogP contribution in [0.5, 0.6) is 0 Å². The maximum absolute atomic E-state index is 5.80. The lowest BCUT2D eigenvalue weighted by molar-refractivity contribution is 0.0582. The number of hydrogen-bond donors (Lipinski definition) is 0. The average Bonchev–Trinajstić information content (AvgIpc) is 2.68. The van der Waals surface area contributed by atoms with Crippen LogP contribution in [0.3, 0.4) is 0 Å². The molecule has 0 spiro atoms. The molecule has 0 fully saturated rings. The first-order valence-corrected chi connectivity index (χ1v) is 6.11. The molecule has 0 bridgehead atoms. The highest BCUT2D eigenvalue weighted by Gasteiger charge is 2.21. The van der Waals surface area contributed by atoms with Crippen LogP contribution in [0.1, 0.15) is 56.3 Å².